The fraction of sp³-hybridized carbons (Fsp3) is 0. The van der Waals surface area contributed by atoms with Gasteiger partial charge in [-0.25, -0.2) is 0 Å². The van der Waals surface area contributed by atoms with Gasteiger partial charge in [0.1, 0.15) is 0 Å². The monoisotopic (exact) mass is 253 g/mol. The standard InChI is InChI=1S/Ba.BrH.2H2O/h;1H;2*1H2/q+2;;;/p-1. The second kappa shape index (κ2) is 20.2. The zero-order valence-electron chi connectivity index (χ0n) is 2.09. The van der Waals surface area contributed by atoms with Crippen LogP contribution in [0.25, 0.3) is 0 Å². The molecule has 4 heteroatoms. The van der Waals surface area contributed by atoms with Crippen LogP contribution in [0.4, 0.5) is 0 Å². The van der Waals surface area contributed by atoms with Crippen molar-refractivity contribution in [3.63, 3.8) is 0 Å². The predicted molar refractivity (Wildman–Crippen MR) is 13.0 cm³/mol. The summed E-state index contributed by atoms with van der Waals surface area (Å²) >= 11 is 0. The van der Waals surface area contributed by atoms with E-state index < -0.39 is 0 Å². The van der Waals surface area contributed by atoms with Crippen LogP contribution in [-0.4, -0.2) is 59.8 Å². The van der Waals surface area contributed by atoms with Gasteiger partial charge in [0.05, 0.1) is 0 Å². The average molecular weight is 253 g/mol. The summed E-state index contributed by atoms with van der Waals surface area (Å²) in [6.45, 7) is 0. The van der Waals surface area contributed by atoms with Crippen molar-refractivity contribution in [1.29, 1.82) is 0 Å². The van der Waals surface area contributed by atoms with Crippen LogP contribution < -0.4 is 17.0 Å². The van der Waals surface area contributed by atoms with E-state index in [-0.39, 0.29) is 76.8 Å². The van der Waals surface area contributed by atoms with E-state index >= 15 is 0 Å². The number of hydrogen-bond donors (Lipinski definition) is 0. The Hall–Kier alpha value is 1.97. The minimum Gasteiger partial charge on any atom is -1.00 e. The van der Waals surface area contributed by atoms with Crippen LogP contribution in [0.5, 0.6) is 0 Å². The molecule has 0 bridgehead atoms. The third-order valence-electron chi connectivity index (χ3n) is 0. The van der Waals surface area contributed by atoms with Crippen molar-refractivity contribution >= 4 is 48.9 Å². The fourth-order valence-corrected chi connectivity index (χ4v) is 0. The summed E-state index contributed by atoms with van der Waals surface area (Å²) < 4.78 is 0. The van der Waals surface area contributed by atoms with E-state index in [1.807, 2.05) is 0 Å². The Morgan fingerprint density at radius 3 is 0.750 bits per heavy atom. The van der Waals surface area contributed by atoms with Crippen molar-refractivity contribution in [2.45, 2.75) is 0 Å². The SMILES string of the molecule is O.O.[Ba+2].[Br-]. The first-order valence-electron chi connectivity index (χ1n) is 0. The molecule has 0 aliphatic rings. The number of hydrogen-bond acceptors (Lipinski definition) is 0. The number of rotatable bonds is 0. The maximum atomic E-state index is 0. The minimum atomic E-state index is 0. The van der Waals surface area contributed by atoms with Crippen molar-refractivity contribution < 1.29 is 27.9 Å². The molecule has 0 fully saturated rings. The molecule has 4 N–H and O–H groups in total. The second-order valence-corrected chi connectivity index (χ2v) is 0. The van der Waals surface area contributed by atoms with Gasteiger partial charge in [0.15, 0.2) is 0 Å². The summed E-state index contributed by atoms with van der Waals surface area (Å²) in [6, 6.07) is 0. The van der Waals surface area contributed by atoms with Crippen LogP contribution in [0.2, 0.25) is 0 Å². The predicted octanol–water partition coefficient (Wildman–Crippen LogP) is -5.03. The van der Waals surface area contributed by atoms with Crippen molar-refractivity contribution in [2.24, 2.45) is 0 Å². The van der Waals surface area contributed by atoms with Crippen LogP contribution in [0, 0.1) is 0 Å². The van der Waals surface area contributed by atoms with Crippen LogP contribution in [0.15, 0.2) is 0 Å². The van der Waals surface area contributed by atoms with Gasteiger partial charge >= 0.3 is 48.9 Å². The Morgan fingerprint density at radius 2 is 0.750 bits per heavy atom. The van der Waals surface area contributed by atoms with Gasteiger partial charge in [0.2, 0.25) is 0 Å². The molecule has 0 radical (unpaired) electrons. The smallest absolute Gasteiger partial charge is 1.00 e. The first-order chi connectivity index (χ1) is 0. The van der Waals surface area contributed by atoms with E-state index in [2.05, 4.69) is 0 Å². The van der Waals surface area contributed by atoms with Gasteiger partial charge in [-0.05, 0) is 0 Å². The van der Waals surface area contributed by atoms with Gasteiger partial charge in [-0.15, -0.1) is 0 Å². The van der Waals surface area contributed by atoms with Crippen molar-refractivity contribution in [2.75, 3.05) is 0 Å². The molecule has 0 aliphatic heterocycles. The third kappa shape index (κ3) is 9.02. The zero-order valence-corrected chi connectivity index (χ0v) is 8.11. The summed E-state index contributed by atoms with van der Waals surface area (Å²) in [7, 11) is 0. The maximum absolute atomic E-state index is 0. The Morgan fingerprint density at radius 1 is 0.750 bits per heavy atom. The summed E-state index contributed by atoms with van der Waals surface area (Å²) in [6.07, 6.45) is 0. The Labute approximate surface area is 75.4 Å². The third-order valence-corrected chi connectivity index (χ3v) is 0. The Balaban J connectivity index is 0. The Kier molecular flexibility index (Phi) is 192. The quantitative estimate of drug-likeness (QED) is 0.388. The second-order valence-electron chi connectivity index (χ2n) is 0. The molecule has 0 saturated carbocycles. The Bertz CT molecular complexity index is 6.00. The van der Waals surface area contributed by atoms with Gasteiger partial charge in [-0.2, -0.15) is 0 Å². The van der Waals surface area contributed by atoms with Crippen LogP contribution in [0.1, 0.15) is 0 Å². The molecule has 0 saturated heterocycles. The van der Waals surface area contributed by atoms with Crippen LogP contribution in [0.3, 0.4) is 0 Å². The molecule has 4 heavy (non-hydrogen) atoms. The summed E-state index contributed by atoms with van der Waals surface area (Å²) in [5, 5.41) is 0. The topological polar surface area (TPSA) is 63.0 Å². The van der Waals surface area contributed by atoms with E-state index in [9.17, 15) is 0 Å². The van der Waals surface area contributed by atoms with Gasteiger partial charge in [-0.1, -0.05) is 0 Å². The molecule has 0 aromatic rings. The molecule has 0 rings (SSSR count). The molecule has 0 spiro atoms. The van der Waals surface area contributed by atoms with E-state index in [1.165, 1.54) is 0 Å². The normalized spacial score (nSPS) is 0. The molecule has 24 valence electrons. The van der Waals surface area contributed by atoms with E-state index in [0.717, 1.165) is 0 Å². The van der Waals surface area contributed by atoms with Crippen molar-refractivity contribution in [1.82, 2.24) is 0 Å². The number of halogens is 1. The summed E-state index contributed by atoms with van der Waals surface area (Å²) in [5.74, 6) is 0. The zero-order chi connectivity index (χ0) is 0. The average Bonchev–Trinajstić information content (AvgIpc) is 0. The van der Waals surface area contributed by atoms with Crippen LogP contribution in [-0.2, 0) is 0 Å². The summed E-state index contributed by atoms with van der Waals surface area (Å²) in [4.78, 5) is 0. The molecule has 0 atom stereocenters. The first kappa shape index (κ1) is 38.0. The molecule has 0 aromatic carbocycles. The first-order valence-corrected chi connectivity index (χ1v) is 0. The minimum absolute atomic E-state index is 0. The molecular weight excluding hydrogens is 249 g/mol. The van der Waals surface area contributed by atoms with Gasteiger partial charge in [0, 0.05) is 0 Å². The molecule has 0 heterocycles. The fourth-order valence-electron chi connectivity index (χ4n) is 0. The van der Waals surface area contributed by atoms with Gasteiger partial charge < -0.3 is 27.9 Å². The van der Waals surface area contributed by atoms with E-state index in [0.29, 0.717) is 0 Å². The largest absolute Gasteiger partial charge is 2.00 e. The molecule has 0 aliphatic carbocycles. The summed E-state index contributed by atoms with van der Waals surface area (Å²) in [5.41, 5.74) is 0. The molecule has 2 nitrogen and oxygen atoms in total. The maximum Gasteiger partial charge on any atom is 2.00 e. The van der Waals surface area contributed by atoms with Gasteiger partial charge in [-0.3, -0.25) is 0 Å². The molecule has 0 amide bonds. The molecule has 0 aromatic heterocycles. The van der Waals surface area contributed by atoms with E-state index in [4.69, 9.17) is 0 Å². The van der Waals surface area contributed by atoms with E-state index in [1.54, 1.807) is 0 Å². The van der Waals surface area contributed by atoms with Crippen LogP contribution >= 0.6 is 0 Å². The van der Waals surface area contributed by atoms with Gasteiger partial charge in [0.25, 0.3) is 0 Å². The molecular formula is H4BaBrO2+. The molecule has 0 unspecified atom stereocenters. The van der Waals surface area contributed by atoms with Crippen molar-refractivity contribution in [3.05, 3.63) is 0 Å². The van der Waals surface area contributed by atoms with Crippen molar-refractivity contribution in [3.8, 4) is 0 Å².